The maximum absolute atomic E-state index is 11.7. The van der Waals surface area contributed by atoms with Crippen LogP contribution >= 0.6 is 11.3 Å². The van der Waals surface area contributed by atoms with E-state index in [2.05, 4.69) is 0 Å². The zero-order chi connectivity index (χ0) is 14.8. The molecule has 20 heavy (non-hydrogen) atoms. The molecule has 1 heterocycles. The second-order valence-corrected chi connectivity index (χ2v) is 7.72. The molecule has 0 fully saturated rings. The Bertz CT molecular complexity index is 660. The van der Waals surface area contributed by atoms with Crippen molar-refractivity contribution in [1.82, 2.24) is 0 Å². The van der Waals surface area contributed by atoms with Gasteiger partial charge in [0.25, 0.3) is 0 Å². The Morgan fingerprint density at radius 3 is 2.35 bits per heavy atom. The highest BCUT2D eigenvalue weighted by Gasteiger charge is 2.36. The average molecular weight is 312 g/mol. The number of hydrogen-bond acceptors (Lipinski definition) is 5. The lowest BCUT2D eigenvalue weighted by Crippen LogP contribution is -2.34. The second-order valence-electron chi connectivity index (χ2n) is 4.64. The standard InChI is InChI=1S/C14H16O4S2/c1-18-12-7-5-11(6-8-12)14(15,10-20(2,16)17)13-4-3-9-19-13/h3-9,15H,10H2,1-2H3/t14-/m1/s1. The zero-order valence-corrected chi connectivity index (χ0v) is 12.9. The lowest BCUT2D eigenvalue weighted by Gasteiger charge is -2.27. The van der Waals surface area contributed by atoms with Crippen molar-refractivity contribution in [3.05, 3.63) is 52.2 Å². The van der Waals surface area contributed by atoms with Crippen LogP contribution in [0.3, 0.4) is 0 Å². The van der Waals surface area contributed by atoms with Crippen LogP contribution in [0.15, 0.2) is 41.8 Å². The average Bonchev–Trinajstić information content (AvgIpc) is 2.91. The molecule has 0 aliphatic carbocycles. The number of benzene rings is 1. The van der Waals surface area contributed by atoms with Gasteiger partial charge in [-0.25, -0.2) is 8.42 Å². The van der Waals surface area contributed by atoms with Gasteiger partial charge >= 0.3 is 0 Å². The van der Waals surface area contributed by atoms with Crippen LogP contribution in [0.5, 0.6) is 5.75 Å². The Hall–Kier alpha value is -1.37. The Morgan fingerprint density at radius 2 is 1.90 bits per heavy atom. The summed E-state index contributed by atoms with van der Waals surface area (Å²) in [7, 11) is -1.79. The number of ether oxygens (including phenoxy) is 1. The van der Waals surface area contributed by atoms with Crippen molar-refractivity contribution in [2.24, 2.45) is 0 Å². The molecule has 1 N–H and O–H groups in total. The molecule has 6 heteroatoms. The molecule has 0 aliphatic heterocycles. The number of aliphatic hydroxyl groups is 1. The molecular weight excluding hydrogens is 296 g/mol. The van der Waals surface area contributed by atoms with Crippen molar-refractivity contribution in [2.75, 3.05) is 19.1 Å². The molecule has 0 unspecified atom stereocenters. The number of rotatable bonds is 5. The van der Waals surface area contributed by atoms with Crippen LogP contribution in [0.25, 0.3) is 0 Å². The minimum absolute atomic E-state index is 0.354. The van der Waals surface area contributed by atoms with E-state index in [1.54, 1.807) is 43.5 Å². The predicted octanol–water partition coefficient (Wildman–Crippen LogP) is 2.04. The van der Waals surface area contributed by atoms with Crippen LogP contribution in [-0.2, 0) is 15.4 Å². The van der Waals surface area contributed by atoms with Gasteiger partial charge in [0.15, 0.2) is 9.84 Å². The molecule has 0 radical (unpaired) electrons. The first-order valence-electron chi connectivity index (χ1n) is 5.94. The van der Waals surface area contributed by atoms with Gasteiger partial charge in [-0.15, -0.1) is 11.3 Å². The number of sulfone groups is 1. The van der Waals surface area contributed by atoms with Crippen LogP contribution < -0.4 is 4.74 Å². The minimum Gasteiger partial charge on any atom is -0.497 e. The summed E-state index contributed by atoms with van der Waals surface area (Å²) in [5, 5.41) is 12.7. The van der Waals surface area contributed by atoms with Gasteiger partial charge in [-0.3, -0.25) is 0 Å². The summed E-state index contributed by atoms with van der Waals surface area (Å²) in [6.45, 7) is 0. The van der Waals surface area contributed by atoms with Crippen molar-refractivity contribution >= 4 is 21.2 Å². The molecule has 0 saturated carbocycles. The quantitative estimate of drug-likeness (QED) is 0.917. The summed E-state index contributed by atoms with van der Waals surface area (Å²) in [6, 6.07) is 10.3. The van der Waals surface area contributed by atoms with E-state index in [-0.39, 0.29) is 5.75 Å². The van der Waals surface area contributed by atoms with Crippen LogP contribution in [0.1, 0.15) is 10.4 Å². The highest BCUT2D eigenvalue weighted by Crippen LogP contribution is 2.34. The van der Waals surface area contributed by atoms with E-state index >= 15 is 0 Å². The van der Waals surface area contributed by atoms with E-state index in [1.165, 1.54) is 11.3 Å². The van der Waals surface area contributed by atoms with Crippen LogP contribution in [0, 0.1) is 0 Å². The van der Waals surface area contributed by atoms with Crippen molar-refractivity contribution in [3.63, 3.8) is 0 Å². The normalized spacial score (nSPS) is 14.8. The summed E-state index contributed by atoms with van der Waals surface area (Å²) in [4.78, 5) is 0.605. The molecule has 2 aromatic rings. The van der Waals surface area contributed by atoms with E-state index in [0.29, 0.717) is 16.2 Å². The molecule has 1 atom stereocenters. The second kappa shape index (κ2) is 5.55. The lowest BCUT2D eigenvalue weighted by atomic mass is 9.94. The van der Waals surface area contributed by atoms with Gasteiger partial charge < -0.3 is 9.84 Å². The Morgan fingerprint density at radius 1 is 1.25 bits per heavy atom. The molecule has 0 bridgehead atoms. The van der Waals surface area contributed by atoms with Gasteiger partial charge in [-0.1, -0.05) is 18.2 Å². The van der Waals surface area contributed by atoms with Gasteiger partial charge in [0.1, 0.15) is 11.4 Å². The first-order chi connectivity index (χ1) is 9.35. The molecule has 0 spiro atoms. The van der Waals surface area contributed by atoms with Crippen LogP contribution in [0.4, 0.5) is 0 Å². The van der Waals surface area contributed by atoms with Crippen molar-refractivity contribution in [2.45, 2.75) is 5.60 Å². The van der Waals surface area contributed by atoms with Gasteiger partial charge in [0.2, 0.25) is 0 Å². The smallest absolute Gasteiger partial charge is 0.151 e. The highest BCUT2D eigenvalue weighted by molar-refractivity contribution is 7.90. The molecule has 0 saturated heterocycles. The molecule has 4 nitrogen and oxygen atoms in total. The first kappa shape index (κ1) is 15.0. The lowest BCUT2D eigenvalue weighted by molar-refractivity contribution is 0.109. The van der Waals surface area contributed by atoms with Gasteiger partial charge in [0, 0.05) is 11.1 Å². The molecule has 2 rings (SSSR count). The fraction of sp³-hybridized carbons (Fsp3) is 0.286. The predicted molar refractivity (Wildman–Crippen MR) is 80.0 cm³/mol. The van der Waals surface area contributed by atoms with Crippen LogP contribution in [0.2, 0.25) is 0 Å². The van der Waals surface area contributed by atoms with Crippen molar-refractivity contribution in [1.29, 1.82) is 0 Å². The minimum atomic E-state index is -3.35. The zero-order valence-electron chi connectivity index (χ0n) is 11.2. The van der Waals surface area contributed by atoms with Gasteiger partial charge in [-0.2, -0.15) is 0 Å². The van der Waals surface area contributed by atoms with E-state index in [9.17, 15) is 13.5 Å². The maximum Gasteiger partial charge on any atom is 0.151 e. The molecule has 0 amide bonds. The first-order valence-corrected chi connectivity index (χ1v) is 8.88. The third kappa shape index (κ3) is 3.20. The monoisotopic (exact) mass is 312 g/mol. The maximum atomic E-state index is 11.7. The summed E-state index contributed by atoms with van der Waals surface area (Å²) < 4.78 is 28.4. The highest BCUT2D eigenvalue weighted by atomic mass is 32.2. The van der Waals surface area contributed by atoms with Gasteiger partial charge in [0.05, 0.1) is 12.9 Å². The molecule has 1 aromatic heterocycles. The topological polar surface area (TPSA) is 63.6 Å². The van der Waals surface area contributed by atoms with Crippen LogP contribution in [-0.4, -0.2) is 32.6 Å². The van der Waals surface area contributed by atoms with E-state index in [4.69, 9.17) is 4.74 Å². The summed E-state index contributed by atoms with van der Waals surface area (Å²) in [6.07, 6.45) is 1.12. The molecule has 1 aromatic carbocycles. The SMILES string of the molecule is COc1ccc([C@](O)(CS(C)(=O)=O)c2cccs2)cc1. The Balaban J connectivity index is 2.51. The van der Waals surface area contributed by atoms with Crippen molar-refractivity contribution < 1.29 is 18.3 Å². The number of hydrogen-bond donors (Lipinski definition) is 1. The number of thiophene rings is 1. The third-order valence-electron chi connectivity index (χ3n) is 2.97. The van der Waals surface area contributed by atoms with Crippen molar-refractivity contribution in [3.8, 4) is 5.75 Å². The summed E-state index contributed by atoms with van der Waals surface area (Å²) in [5.74, 6) is 0.300. The summed E-state index contributed by atoms with van der Waals surface area (Å²) in [5.41, 5.74) is -1.00. The Kier molecular flexibility index (Phi) is 4.17. The van der Waals surface area contributed by atoms with E-state index in [0.717, 1.165) is 6.26 Å². The van der Waals surface area contributed by atoms with Gasteiger partial charge in [-0.05, 0) is 29.1 Å². The summed E-state index contributed by atoms with van der Waals surface area (Å²) >= 11 is 1.33. The molecule has 0 aliphatic rings. The van der Waals surface area contributed by atoms with E-state index < -0.39 is 15.4 Å². The Labute approximate surface area is 122 Å². The third-order valence-corrected chi connectivity index (χ3v) is 4.93. The molecular formula is C14H16O4S2. The van der Waals surface area contributed by atoms with E-state index in [1.807, 2.05) is 5.38 Å². The molecule has 108 valence electrons. The fourth-order valence-electron chi connectivity index (χ4n) is 2.06. The fourth-order valence-corrected chi connectivity index (χ4v) is 4.08. The largest absolute Gasteiger partial charge is 0.497 e. The number of methoxy groups -OCH3 is 1.